The molecule has 1 heterocycles. The van der Waals surface area contributed by atoms with Gasteiger partial charge in [0.25, 0.3) is 0 Å². The van der Waals surface area contributed by atoms with Gasteiger partial charge < -0.3 is 15.2 Å². The molecule has 2 N–H and O–H groups in total. The van der Waals surface area contributed by atoms with Crippen LogP contribution < -0.4 is 10.1 Å². The van der Waals surface area contributed by atoms with Crippen LogP contribution in [-0.4, -0.2) is 18.2 Å². The Labute approximate surface area is 161 Å². The molecule has 0 spiro atoms. The Bertz CT molecular complexity index is 922. The van der Waals surface area contributed by atoms with Crippen LogP contribution in [0.25, 0.3) is 0 Å². The summed E-state index contributed by atoms with van der Waals surface area (Å²) in [5.41, 5.74) is 4.37. The minimum atomic E-state index is -0.874. The number of fused-ring (bicyclic) bond motifs is 3. The van der Waals surface area contributed by atoms with Gasteiger partial charge in [-0.05, 0) is 54.7 Å². The Hall–Kier alpha value is -2.27. The minimum Gasteiger partial charge on any atom is -0.496 e. The summed E-state index contributed by atoms with van der Waals surface area (Å²) in [5.74, 6) is 0.309. The van der Waals surface area contributed by atoms with Crippen molar-refractivity contribution in [2.45, 2.75) is 25.3 Å². The molecule has 26 heavy (non-hydrogen) atoms. The van der Waals surface area contributed by atoms with Crippen molar-refractivity contribution in [1.82, 2.24) is 0 Å². The van der Waals surface area contributed by atoms with Crippen LogP contribution in [0.15, 0.2) is 47.0 Å². The van der Waals surface area contributed by atoms with Gasteiger partial charge in [-0.1, -0.05) is 34.1 Å². The number of halogens is 1. The van der Waals surface area contributed by atoms with Crippen LogP contribution in [0.2, 0.25) is 0 Å². The highest BCUT2D eigenvalue weighted by Crippen LogP contribution is 2.53. The van der Waals surface area contributed by atoms with E-state index in [1.54, 1.807) is 13.2 Å². The number of rotatable bonds is 3. The van der Waals surface area contributed by atoms with E-state index in [9.17, 15) is 9.90 Å². The Morgan fingerprint density at radius 2 is 2.12 bits per heavy atom. The van der Waals surface area contributed by atoms with Crippen LogP contribution in [-0.2, 0) is 0 Å². The quantitative estimate of drug-likeness (QED) is 0.670. The van der Waals surface area contributed by atoms with E-state index in [1.807, 2.05) is 25.1 Å². The van der Waals surface area contributed by atoms with E-state index in [0.717, 1.165) is 39.0 Å². The number of nitrogens with one attached hydrogen (secondary N) is 1. The maximum atomic E-state index is 11.8. The maximum Gasteiger partial charge on any atom is 0.336 e. The number of aryl methyl sites for hydroxylation is 1. The predicted molar refractivity (Wildman–Crippen MR) is 105 cm³/mol. The van der Waals surface area contributed by atoms with Gasteiger partial charge in [-0.3, -0.25) is 0 Å². The molecule has 0 saturated carbocycles. The summed E-state index contributed by atoms with van der Waals surface area (Å²) in [7, 11) is 1.68. The van der Waals surface area contributed by atoms with Gasteiger partial charge in [-0.25, -0.2) is 4.79 Å². The fourth-order valence-electron chi connectivity index (χ4n) is 4.30. The molecular weight excluding hydrogens is 394 g/mol. The fraction of sp³-hybridized carbons (Fsp3) is 0.286. The Morgan fingerprint density at radius 1 is 1.31 bits per heavy atom. The van der Waals surface area contributed by atoms with Crippen molar-refractivity contribution in [3.63, 3.8) is 0 Å². The Morgan fingerprint density at radius 3 is 2.85 bits per heavy atom. The van der Waals surface area contributed by atoms with E-state index in [4.69, 9.17) is 4.74 Å². The normalized spacial score (nSPS) is 23.1. The number of aromatic carboxylic acids is 1. The van der Waals surface area contributed by atoms with Gasteiger partial charge in [0, 0.05) is 21.6 Å². The lowest BCUT2D eigenvalue weighted by molar-refractivity contribution is 0.0695. The third-order valence-electron chi connectivity index (χ3n) is 5.49. The number of hydrogen-bond donors (Lipinski definition) is 2. The largest absolute Gasteiger partial charge is 0.496 e. The summed E-state index contributed by atoms with van der Waals surface area (Å²) in [5, 5.41) is 13.3. The minimum absolute atomic E-state index is 0.0534. The zero-order valence-corrected chi connectivity index (χ0v) is 16.2. The molecule has 0 amide bonds. The molecule has 0 saturated heterocycles. The molecule has 2 aromatic rings. The molecule has 2 aromatic carbocycles. The first-order valence-corrected chi connectivity index (χ1v) is 9.44. The highest BCUT2D eigenvalue weighted by atomic mass is 79.9. The lowest BCUT2D eigenvalue weighted by Gasteiger charge is -2.39. The van der Waals surface area contributed by atoms with Crippen LogP contribution in [0.1, 0.15) is 45.4 Å². The summed E-state index contributed by atoms with van der Waals surface area (Å²) in [6.07, 6.45) is 5.23. The molecule has 5 heteroatoms. The third kappa shape index (κ3) is 2.62. The smallest absolute Gasteiger partial charge is 0.336 e. The number of methoxy groups -OCH3 is 1. The summed E-state index contributed by atoms with van der Waals surface area (Å²) < 4.78 is 6.61. The number of carbonyl (C=O) groups is 1. The Kier molecular flexibility index (Phi) is 4.27. The van der Waals surface area contributed by atoms with Crippen molar-refractivity contribution in [2.75, 3.05) is 12.4 Å². The highest BCUT2D eigenvalue weighted by Gasteiger charge is 2.41. The summed E-state index contributed by atoms with van der Waals surface area (Å²) in [6.45, 7) is 2.02. The topological polar surface area (TPSA) is 58.6 Å². The molecule has 1 aliphatic carbocycles. The molecule has 0 aromatic heterocycles. The SMILES string of the molecule is COc1ccc(Br)cc1[C@@H]1Nc2c(C)ccc(C(=O)O)c2[C@H]2C=CC[C@@H]21. The van der Waals surface area contributed by atoms with Gasteiger partial charge in [0.05, 0.1) is 18.7 Å². The number of hydrogen-bond acceptors (Lipinski definition) is 3. The molecule has 0 bridgehead atoms. The lowest BCUT2D eigenvalue weighted by Crippen LogP contribution is -2.31. The fourth-order valence-corrected chi connectivity index (χ4v) is 4.68. The molecule has 0 fully saturated rings. The van der Waals surface area contributed by atoms with E-state index in [2.05, 4.69) is 39.5 Å². The third-order valence-corrected chi connectivity index (χ3v) is 5.98. The van der Waals surface area contributed by atoms with Crippen LogP contribution in [0.4, 0.5) is 5.69 Å². The maximum absolute atomic E-state index is 11.8. The molecule has 0 unspecified atom stereocenters. The van der Waals surface area contributed by atoms with E-state index in [1.165, 1.54) is 0 Å². The molecule has 4 rings (SSSR count). The van der Waals surface area contributed by atoms with Gasteiger partial charge in [-0.2, -0.15) is 0 Å². The second-order valence-corrected chi connectivity index (χ2v) is 7.80. The molecular formula is C21H20BrNO3. The van der Waals surface area contributed by atoms with Crippen LogP contribution in [0.5, 0.6) is 5.75 Å². The molecule has 2 aliphatic rings. The van der Waals surface area contributed by atoms with E-state index in [-0.39, 0.29) is 17.9 Å². The standard InChI is InChI=1S/C21H20BrNO3/c1-11-6-8-15(21(24)25)18-13-4-3-5-14(13)20(23-19(11)18)16-10-12(22)7-9-17(16)26-2/h3-4,6-10,13-14,20,23H,5H2,1-2H3,(H,24,25)/t13-,14-,20+/m0/s1. The van der Waals surface area contributed by atoms with Crippen molar-refractivity contribution < 1.29 is 14.6 Å². The number of benzene rings is 2. The van der Waals surface area contributed by atoms with E-state index in [0.29, 0.717) is 5.56 Å². The first-order chi connectivity index (χ1) is 12.5. The summed E-state index contributed by atoms with van der Waals surface area (Å²) >= 11 is 3.56. The van der Waals surface area contributed by atoms with E-state index < -0.39 is 5.97 Å². The monoisotopic (exact) mass is 413 g/mol. The van der Waals surface area contributed by atoms with E-state index >= 15 is 0 Å². The highest BCUT2D eigenvalue weighted by molar-refractivity contribution is 9.10. The van der Waals surface area contributed by atoms with Crippen LogP contribution >= 0.6 is 15.9 Å². The number of carboxylic acids is 1. The number of ether oxygens (including phenoxy) is 1. The number of allylic oxidation sites excluding steroid dienone is 2. The predicted octanol–water partition coefficient (Wildman–Crippen LogP) is 5.29. The second-order valence-electron chi connectivity index (χ2n) is 6.89. The van der Waals surface area contributed by atoms with Gasteiger partial charge >= 0.3 is 5.97 Å². The van der Waals surface area contributed by atoms with Crippen LogP contribution in [0.3, 0.4) is 0 Å². The van der Waals surface area contributed by atoms with Gasteiger partial charge in [0.2, 0.25) is 0 Å². The average molecular weight is 414 g/mol. The van der Waals surface area contributed by atoms with Crippen LogP contribution in [0, 0.1) is 12.8 Å². The molecule has 3 atom stereocenters. The summed E-state index contributed by atoms with van der Waals surface area (Å²) in [6, 6.07) is 9.68. The van der Waals surface area contributed by atoms with Crippen molar-refractivity contribution in [2.24, 2.45) is 5.92 Å². The Balaban J connectivity index is 1.90. The van der Waals surface area contributed by atoms with Crippen molar-refractivity contribution in [1.29, 1.82) is 0 Å². The van der Waals surface area contributed by atoms with Crippen molar-refractivity contribution in [3.05, 3.63) is 69.2 Å². The average Bonchev–Trinajstić information content (AvgIpc) is 3.11. The van der Waals surface area contributed by atoms with Gasteiger partial charge in [0.15, 0.2) is 0 Å². The van der Waals surface area contributed by atoms with Crippen molar-refractivity contribution >= 4 is 27.6 Å². The molecule has 134 valence electrons. The zero-order chi connectivity index (χ0) is 18.4. The van der Waals surface area contributed by atoms with Gasteiger partial charge in [0.1, 0.15) is 5.75 Å². The molecule has 4 nitrogen and oxygen atoms in total. The number of carboxylic acid groups (broad SMARTS) is 1. The second kappa shape index (κ2) is 6.47. The van der Waals surface area contributed by atoms with Crippen molar-refractivity contribution in [3.8, 4) is 5.75 Å². The zero-order valence-electron chi connectivity index (χ0n) is 14.6. The molecule has 0 radical (unpaired) electrons. The lowest BCUT2D eigenvalue weighted by atomic mass is 9.74. The summed E-state index contributed by atoms with van der Waals surface area (Å²) in [4.78, 5) is 11.8. The molecule has 1 aliphatic heterocycles. The first-order valence-electron chi connectivity index (χ1n) is 8.64. The number of anilines is 1. The van der Waals surface area contributed by atoms with Gasteiger partial charge in [-0.15, -0.1) is 0 Å². The first kappa shape index (κ1) is 17.2.